The largest absolute Gasteiger partial charge is 0.478 e. The van der Waals surface area contributed by atoms with Gasteiger partial charge in [0.15, 0.2) is 0 Å². The van der Waals surface area contributed by atoms with E-state index in [-0.39, 0.29) is 17.2 Å². The Bertz CT molecular complexity index is 537. The summed E-state index contributed by atoms with van der Waals surface area (Å²) in [5, 5.41) is 9.30. The number of rotatable bonds is 2. The molecular formula is C15H21NO3. The normalized spacial score (nSPS) is 17.2. The van der Waals surface area contributed by atoms with E-state index in [9.17, 15) is 14.7 Å². The van der Waals surface area contributed by atoms with Crippen LogP contribution in [0.25, 0.3) is 0 Å². The smallest absolute Gasteiger partial charge is 0.337 e. The van der Waals surface area contributed by atoms with Gasteiger partial charge in [-0.15, -0.1) is 0 Å². The van der Waals surface area contributed by atoms with Crippen LogP contribution in [0.15, 0.2) is 10.9 Å². The molecule has 1 aromatic heterocycles. The van der Waals surface area contributed by atoms with Crippen LogP contribution in [0, 0.1) is 13.8 Å². The van der Waals surface area contributed by atoms with Crippen LogP contribution in [0.3, 0.4) is 0 Å². The number of aromatic carboxylic acids is 1. The molecule has 0 spiro atoms. The Hall–Kier alpha value is -1.58. The van der Waals surface area contributed by atoms with E-state index in [0.717, 1.165) is 25.7 Å². The lowest BCUT2D eigenvalue weighted by Gasteiger charge is -2.22. The van der Waals surface area contributed by atoms with Crippen molar-refractivity contribution in [3.05, 3.63) is 33.2 Å². The van der Waals surface area contributed by atoms with E-state index < -0.39 is 5.97 Å². The number of carbonyl (C=O) groups is 1. The molecule has 0 atom stereocenters. The van der Waals surface area contributed by atoms with Crippen LogP contribution in [0.1, 0.15) is 66.2 Å². The predicted octanol–water partition coefficient (Wildman–Crippen LogP) is 3.06. The fourth-order valence-corrected chi connectivity index (χ4v) is 3.19. The van der Waals surface area contributed by atoms with Crippen molar-refractivity contribution < 1.29 is 9.90 Å². The van der Waals surface area contributed by atoms with Crippen molar-refractivity contribution in [3.8, 4) is 0 Å². The van der Waals surface area contributed by atoms with Gasteiger partial charge < -0.3 is 9.67 Å². The standard InChI is InChI=1S/C15H21NO3/c1-10-9-13(17)16(11(2)14(10)15(18)19)12-7-5-3-4-6-8-12/h9,12H,3-8H2,1-2H3,(H,18,19). The van der Waals surface area contributed by atoms with Crippen LogP contribution < -0.4 is 5.56 Å². The molecule has 1 fully saturated rings. The monoisotopic (exact) mass is 263 g/mol. The molecule has 0 radical (unpaired) electrons. The molecule has 1 aliphatic rings. The van der Waals surface area contributed by atoms with Gasteiger partial charge in [-0.3, -0.25) is 4.79 Å². The molecule has 0 aliphatic heterocycles. The molecule has 4 nitrogen and oxygen atoms in total. The topological polar surface area (TPSA) is 59.3 Å². The summed E-state index contributed by atoms with van der Waals surface area (Å²) in [6, 6.07) is 1.62. The van der Waals surface area contributed by atoms with Gasteiger partial charge in [-0.1, -0.05) is 25.7 Å². The van der Waals surface area contributed by atoms with Crippen molar-refractivity contribution >= 4 is 5.97 Å². The summed E-state index contributed by atoms with van der Waals surface area (Å²) in [7, 11) is 0. The van der Waals surface area contributed by atoms with E-state index >= 15 is 0 Å². The molecule has 0 saturated heterocycles. The lowest BCUT2D eigenvalue weighted by molar-refractivity contribution is 0.0693. The number of aromatic nitrogens is 1. The maximum atomic E-state index is 12.2. The van der Waals surface area contributed by atoms with Crippen LogP contribution in [0.4, 0.5) is 0 Å². The Kier molecular flexibility index (Phi) is 4.08. The molecule has 1 aliphatic carbocycles. The van der Waals surface area contributed by atoms with Gasteiger partial charge >= 0.3 is 5.97 Å². The van der Waals surface area contributed by atoms with Crippen LogP contribution in [0.5, 0.6) is 0 Å². The molecule has 0 bridgehead atoms. The minimum atomic E-state index is -0.947. The molecule has 0 aromatic carbocycles. The second-order valence-corrected chi connectivity index (χ2v) is 5.45. The van der Waals surface area contributed by atoms with Crippen LogP contribution >= 0.6 is 0 Å². The zero-order valence-electron chi connectivity index (χ0n) is 11.6. The Morgan fingerprint density at radius 2 is 1.79 bits per heavy atom. The molecule has 0 amide bonds. The molecule has 1 aromatic rings. The van der Waals surface area contributed by atoms with Gasteiger partial charge in [0.2, 0.25) is 0 Å². The summed E-state index contributed by atoms with van der Waals surface area (Å²) in [6.07, 6.45) is 6.61. The second-order valence-electron chi connectivity index (χ2n) is 5.45. The minimum absolute atomic E-state index is 0.0631. The van der Waals surface area contributed by atoms with Crippen molar-refractivity contribution in [2.75, 3.05) is 0 Å². The number of carboxylic acid groups (broad SMARTS) is 1. The third kappa shape index (κ3) is 2.72. The zero-order chi connectivity index (χ0) is 14.0. The quantitative estimate of drug-likeness (QED) is 0.834. The summed E-state index contributed by atoms with van der Waals surface area (Å²) in [6.45, 7) is 3.44. The van der Waals surface area contributed by atoms with Crippen LogP contribution in [-0.4, -0.2) is 15.6 Å². The molecule has 1 saturated carbocycles. The number of carboxylic acids is 1. The molecule has 4 heteroatoms. The molecular weight excluding hydrogens is 242 g/mol. The fourth-order valence-electron chi connectivity index (χ4n) is 3.19. The van der Waals surface area contributed by atoms with E-state index in [1.807, 2.05) is 0 Å². The molecule has 104 valence electrons. The van der Waals surface area contributed by atoms with Crippen molar-refractivity contribution in [1.29, 1.82) is 0 Å². The second kappa shape index (κ2) is 5.59. The highest BCUT2D eigenvalue weighted by Gasteiger charge is 2.21. The third-order valence-electron chi connectivity index (χ3n) is 4.10. The van der Waals surface area contributed by atoms with Crippen molar-refractivity contribution in [2.45, 2.75) is 58.4 Å². The van der Waals surface area contributed by atoms with Gasteiger partial charge in [-0.25, -0.2) is 4.79 Å². The average Bonchev–Trinajstić information content (AvgIpc) is 2.56. The predicted molar refractivity (Wildman–Crippen MR) is 73.9 cm³/mol. The van der Waals surface area contributed by atoms with Gasteiger partial charge in [0, 0.05) is 17.8 Å². The fraction of sp³-hybridized carbons (Fsp3) is 0.600. The van der Waals surface area contributed by atoms with Crippen LogP contribution in [-0.2, 0) is 0 Å². The van der Waals surface area contributed by atoms with E-state index in [2.05, 4.69) is 0 Å². The van der Waals surface area contributed by atoms with Crippen molar-refractivity contribution in [1.82, 2.24) is 4.57 Å². The van der Waals surface area contributed by atoms with Gasteiger partial charge in [0.1, 0.15) is 0 Å². The number of aryl methyl sites for hydroxylation is 1. The highest BCUT2D eigenvalue weighted by atomic mass is 16.4. The molecule has 1 N–H and O–H groups in total. The van der Waals surface area contributed by atoms with E-state index in [1.165, 1.54) is 18.9 Å². The molecule has 0 unspecified atom stereocenters. The number of hydrogen-bond donors (Lipinski definition) is 1. The lowest BCUT2D eigenvalue weighted by Crippen LogP contribution is -2.29. The van der Waals surface area contributed by atoms with Crippen LogP contribution in [0.2, 0.25) is 0 Å². The summed E-state index contributed by atoms with van der Waals surface area (Å²) in [5.74, 6) is -0.947. The maximum absolute atomic E-state index is 12.2. The zero-order valence-corrected chi connectivity index (χ0v) is 11.6. The first-order valence-electron chi connectivity index (χ1n) is 6.98. The Morgan fingerprint density at radius 1 is 1.21 bits per heavy atom. The van der Waals surface area contributed by atoms with Crippen molar-refractivity contribution in [3.63, 3.8) is 0 Å². The number of hydrogen-bond acceptors (Lipinski definition) is 2. The lowest BCUT2D eigenvalue weighted by atomic mass is 10.0. The number of nitrogens with zero attached hydrogens (tertiary/aromatic N) is 1. The Morgan fingerprint density at radius 3 is 2.32 bits per heavy atom. The summed E-state index contributed by atoms with van der Waals surface area (Å²) in [5.41, 5.74) is 1.38. The van der Waals surface area contributed by atoms with E-state index in [1.54, 1.807) is 18.4 Å². The van der Waals surface area contributed by atoms with Crippen molar-refractivity contribution in [2.24, 2.45) is 0 Å². The molecule has 19 heavy (non-hydrogen) atoms. The summed E-state index contributed by atoms with van der Waals surface area (Å²) in [4.78, 5) is 23.6. The third-order valence-corrected chi connectivity index (χ3v) is 4.10. The Labute approximate surface area is 113 Å². The highest BCUT2D eigenvalue weighted by molar-refractivity contribution is 5.90. The SMILES string of the molecule is Cc1cc(=O)n(C2CCCCCC2)c(C)c1C(=O)O. The average molecular weight is 263 g/mol. The highest BCUT2D eigenvalue weighted by Crippen LogP contribution is 2.28. The maximum Gasteiger partial charge on any atom is 0.337 e. The summed E-state index contributed by atoms with van der Waals surface area (Å²) >= 11 is 0. The number of pyridine rings is 1. The van der Waals surface area contributed by atoms with Gasteiger partial charge in [0.25, 0.3) is 5.56 Å². The first-order chi connectivity index (χ1) is 9.02. The molecule has 2 rings (SSSR count). The first kappa shape index (κ1) is 13.8. The van der Waals surface area contributed by atoms with Gasteiger partial charge in [-0.2, -0.15) is 0 Å². The van der Waals surface area contributed by atoms with E-state index in [4.69, 9.17) is 0 Å². The molecule has 1 heterocycles. The van der Waals surface area contributed by atoms with E-state index in [0.29, 0.717) is 11.3 Å². The van der Waals surface area contributed by atoms with Gasteiger partial charge in [0.05, 0.1) is 5.56 Å². The first-order valence-corrected chi connectivity index (χ1v) is 6.98. The van der Waals surface area contributed by atoms with Gasteiger partial charge in [-0.05, 0) is 32.3 Å². The minimum Gasteiger partial charge on any atom is -0.478 e. The Balaban J connectivity index is 2.52. The summed E-state index contributed by atoms with van der Waals surface area (Å²) < 4.78 is 1.71.